The van der Waals surface area contributed by atoms with Crippen LogP contribution >= 0.6 is 0 Å². The van der Waals surface area contributed by atoms with Crippen molar-refractivity contribution in [3.05, 3.63) is 47.8 Å². The van der Waals surface area contributed by atoms with Crippen LogP contribution in [0.4, 0.5) is 0 Å². The number of benzene rings is 1. The van der Waals surface area contributed by atoms with Crippen LogP contribution in [0.2, 0.25) is 0 Å². The van der Waals surface area contributed by atoms with E-state index in [2.05, 4.69) is 18.3 Å². The standard InChI is InChI=1S/C24H30N4O3/c29-21-8-4-5-13-26(21)14-9-22(30)27-15-11-24(12-16-27)23-19(10-17-31-24)18-28(25-23)20-6-2-1-3-7-20/h1-3,6-7,18H,4-5,8-17H2. The van der Waals surface area contributed by atoms with Crippen molar-refractivity contribution < 1.29 is 14.3 Å². The molecule has 0 radical (unpaired) electrons. The summed E-state index contributed by atoms with van der Waals surface area (Å²) in [6, 6.07) is 10.2. The fourth-order valence-corrected chi connectivity index (χ4v) is 5.10. The fraction of sp³-hybridized carbons (Fsp3) is 0.542. The van der Waals surface area contributed by atoms with Crippen molar-refractivity contribution >= 4 is 11.8 Å². The zero-order valence-electron chi connectivity index (χ0n) is 18.0. The van der Waals surface area contributed by atoms with Gasteiger partial charge in [0.2, 0.25) is 11.8 Å². The number of carbonyl (C=O) groups excluding carboxylic acids is 2. The van der Waals surface area contributed by atoms with E-state index in [1.165, 1.54) is 5.56 Å². The van der Waals surface area contributed by atoms with Gasteiger partial charge in [-0.1, -0.05) is 18.2 Å². The third kappa shape index (κ3) is 3.99. The maximum atomic E-state index is 12.8. The van der Waals surface area contributed by atoms with Gasteiger partial charge in [-0.15, -0.1) is 0 Å². The monoisotopic (exact) mass is 422 g/mol. The minimum Gasteiger partial charge on any atom is -0.368 e. The molecule has 7 heteroatoms. The van der Waals surface area contributed by atoms with Gasteiger partial charge in [-0.25, -0.2) is 4.68 Å². The molecule has 3 aliphatic rings. The number of fused-ring (bicyclic) bond motifs is 2. The Morgan fingerprint density at radius 3 is 2.65 bits per heavy atom. The Hall–Kier alpha value is -2.67. The Balaban J connectivity index is 1.23. The molecule has 0 atom stereocenters. The predicted molar refractivity (Wildman–Crippen MR) is 116 cm³/mol. The second kappa shape index (κ2) is 8.46. The zero-order chi connectivity index (χ0) is 21.3. The molecule has 0 saturated carbocycles. The van der Waals surface area contributed by atoms with Crippen LogP contribution in [0.1, 0.15) is 49.8 Å². The van der Waals surface area contributed by atoms with Gasteiger partial charge in [0.15, 0.2) is 0 Å². The molecule has 1 aromatic carbocycles. The van der Waals surface area contributed by atoms with E-state index in [1.807, 2.05) is 32.7 Å². The van der Waals surface area contributed by atoms with Gasteiger partial charge in [0.25, 0.3) is 0 Å². The minimum atomic E-state index is -0.396. The van der Waals surface area contributed by atoms with Gasteiger partial charge in [0.1, 0.15) is 5.60 Å². The smallest absolute Gasteiger partial charge is 0.224 e. The number of likely N-dealkylation sites (tertiary alicyclic amines) is 2. The summed E-state index contributed by atoms with van der Waals surface area (Å²) in [5.41, 5.74) is 2.94. The maximum Gasteiger partial charge on any atom is 0.224 e. The molecule has 7 nitrogen and oxygen atoms in total. The number of amides is 2. The van der Waals surface area contributed by atoms with Gasteiger partial charge in [0, 0.05) is 45.2 Å². The number of ether oxygens (including phenoxy) is 1. The van der Waals surface area contributed by atoms with Crippen molar-refractivity contribution in [2.45, 2.75) is 50.5 Å². The highest BCUT2D eigenvalue weighted by Gasteiger charge is 2.44. The highest BCUT2D eigenvalue weighted by molar-refractivity contribution is 5.79. The molecule has 0 unspecified atom stereocenters. The van der Waals surface area contributed by atoms with E-state index in [4.69, 9.17) is 9.84 Å². The lowest BCUT2D eigenvalue weighted by Crippen LogP contribution is -2.49. The van der Waals surface area contributed by atoms with E-state index in [1.54, 1.807) is 0 Å². The summed E-state index contributed by atoms with van der Waals surface area (Å²) in [5, 5.41) is 4.92. The molecule has 5 rings (SSSR count). The van der Waals surface area contributed by atoms with Crippen LogP contribution in [0.3, 0.4) is 0 Å². The molecule has 2 aromatic rings. The average molecular weight is 423 g/mol. The van der Waals surface area contributed by atoms with Crippen molar-refractivity contribution in [2.75, 3.05) is 32.8 Å². The Morgan fingerprint density at radius 2 is 1.87 bits per heavy atom. The normalized spacial score (nSPS) is 20.7. The number of nitrogens with zero attached hydrogens (tertiary/aromatic N) is 4. The van der Waals surface area contributed by atoms with Crippen LogP contribution in [0.25, 0.3) is 5.69 Å². The number of para-hydroxylation sites is 1. The first kappa shape index (κ1) is 20.2. The number of carbonyl (C=O) groups is 2. The molecule has 2 saturated heterocycles. The molecular weight excluding hydrogens is 392 g/mol. The molecule has 4 heterocycles. The first-order valence-corrected chi connectivity index (χ1v) is 11.5. The van der Waals surface area contributed by atoms with Crippen molar-refractivity contribution in [2.24, 2.45) is 0 Å². The Kier molecular flexibility index (Phi) is 5.52. The maximum absolute atomic E-state index is 12.8. The second-order valence-corrected chi connectivity index (χ2v) is 8.84. The Bertz CT molecular complexity index is 947. The number of aromatic nitrogens is 2. The molecule has 2 amide bonds. The number of hydrogen-bond acceptors (Lipinski definition) is 4. The lowest BCUT2D eigenvalue weighted by atomic mass is 9.83. The van der Waals surface area contributed by atoms with Crippen LogP contribution in [-0.4, -0.2) is 64.2 Å². The van der Waals surface area contributed by atoms with Crippen molar-refractivity contribution in [3.8, 4) is 5.69 Å². The van der Waals surface area contributed by atoms with Crippen LogP contribution in [0, 0.1) is 0 Å². The molecule has 0 aliphatic carbocycles. The van der Waals surface area contributed by atoms with Crippen LogP contribution < -0.4 is 0 Å². The molecule has 31 heavy (non-hydrogen) atoms. The van der Waals surface area contributed by atoms with Crippen molar-refractivity contribution in [1.82, 2.24) is 19.6 Å². The van der Waals surface area contributed by atoms with Gasteiger partial charge in [-0.05, 0) is 49.8 Å². The predicted octanol–water partition coefficient (Wildman–Crippen LogP) is 2.67. The van der Waals surface area contributed by atoms with E-state index in [-0.39, 0.29) is 11.8 Å². The topological polar surface area (TPSA) is 67.7 Å². The van der Waals surface area contributed by atoms with E-state index >= 15 is 0 Å². The van der Waals surface area contributed by atoms with Gasteiger partial charge >= 0.3 is 0 Å². The molecule has 2 fully saturated rings. The van der Waals surface area contributed by atoms with Crippen LogP contribution in [0.5, 0.6) is 0 Å². The second-order valence-electron chi connectivity index (χ2n) is 8.84. The van der Waals surface area contributed by atoms with Gasteiger partial charge in [-0.3, -0.25) is 9.59 Å². The molecule has 0 N–H and O–H groups in total. The highest BCUT2D eigenvalue weighted by Crippen LogP contribution is 2.41. The average Bonchev–Trinajstić information content (AvgIpc) is 3.26. The summed E-state index contributed by atoms with van der Waals surface area (Å²) in [4.78, 5) is 28.5. The summed E-state index contributed by atoms with van der Waals surface area (Å²) < 4.78 is 8.27. The lowest BCUT2D eigenvalue weighted by Gasteiger charge is -2.43. The highest BCUT2D eigenvalue weighted by atomic mass is 16.5. The molecule has 0 bridgehead atoms. The first-order valence-electron chi connectivity index (χ1n) is 11.5. The van der Waals surface area contributed by atoms with Gasteiger partial charge < -0.3 is 14.5 Å². The fourth-order valence-electron chi connectivity index (χ4n) is 5.10. The minimum absolute atomic E-state index is 0.138. The molecule has 1 aromatic heterocycles. The van der Waals surface area contributed by atoms with Crippen LogP contribution in [-0.2, 0) is 26.3 Å². The summed E-state index contributed by atoms with van der Waals surface area (Å²) in [5.74, 6) is 0.327. The summed E-state index contributed by atoms with van der Waals surface area (Å²) >= 11 is 0. The Morgan fingerprint density at radius 1 is 1.06 bits per heavy atom. The Labute approximate surface area is 183 Å². The summed E-state index contributed by atoms with van der Waals surface area (Å²) in [6.07, 6.45) is 7.57. The third-order valence-electron chi connectivity index (χ3n) is 6.93. The zero-order valence-corrected chi connectivity index (χ0v) is 18.0. The van der Waals surface area contributed by atoms with E-state index in [9.17, 15) is 9.59 Å². The van der Waals surface area contributed by atoms with Crippen molar-refractivity contribution in [3.63, 3.8) is 0 Å². The molecular formula is C24H30N4O3. The number of rotatable bonds is 4. The summed E-state index contributed by atoms with van der Waals surface area (Å²) in [6.45, 7) is 3.37. The van der Waals surface area contributed by atoms with Gasteiger partial charge in [0.05, 0.1) is 18.0 Å². The number of piperidine rings is 2. The quantitative estimate of drug-likeness (QED) is 0.760. The largest absolute Gasteiger partial charge is 0.368 e. The third-order valence-corrected chi connectivity index (χ3v) is 6.93. The van der Waals surface area contributed by atoms with E-state index in [0.29, 0.717) is 39.1 Å². The van der Waals surface area contributed by atoms with Gasteiger partial charge in [-0.2, -0.15) is 5.10 Å². The van der Waals surface area contributed by atoms with E-state index < -0.39 is 5.60 Å². The molecule has 1 spiro atoms. The van der Waals surface area contributed by atoms with Crippen molar-refractivity contribution in [1.29, 1.82) is 0 Å². The first-order chi connectivity index (χ1) is 15.1. The summed E-state index contributed by atoms with van der Waals surface area (Å²) in [7, 11) is 0. The van der Waals surface area contributed by atoms with Crippen LogP contribution in [0.15, 0.2) is 36.5 Å². The lowest BCUT2D eigenvalue weighted by molar-refractivity contribution is -0.142. The molecule has 3 aliphatic heterocycles. The SMILES string of the molecule is O=C1CCCCN1CCC(=O)N1CCC2(CC1)OCCc1cn(-c3ccccc3)nc12. The number of hydrogen-bond donors (Lipinski definition) is 0. The molecule has 164 valence electrons. The van der Waals surface area contributed by atoms with E-state index in [0.717, 1.165) is 50.0 Å².